The highest BCUT2D eigenvalue weighted by Crippen LogP contribution is 2.17. The van der Waals surface area contributed by atoms with Crippen LogP contribution in [-0.2, 0) is 4.74 Å². The summed E-state index contributed by atoms with van der Waals surface area (Å²) in [5.74, 6) is -0.139. The molecule has 0 aromatic heterocycles. The van der Waals surface area contributed by atoms with Crippen molar-refractivity contribution in [3.8, 4) is 0 Å². The van der Waals surface area contributed by atoms with Gasteiger partial charge in [0.25, 0.3) is 5.91 Å². The number of nitrogens with one attached hydrogen (secondary N) is 1. The van der Waals surface area contributed by atoms with Gasteiger partial charge in [-0.05, 0) is 26.0 Å². The van der Waals surface area contributed by atoms with Crippen molar-refractivity contribution in [2.45, 2.75) is 26.2 Å². The van der Waals surface area contributed by atoms with Crippen LogP contribution in [0.3, 0.4) is 0 Å². The molecule has 1 amide bonds. The molecule has 3 nitrogen and oxygen atoms in total. The minimum Gasteiger partial charge on any atom is -0.352 e. The van der Waals surface area contributed by atoms with Crippen LogP contribution in [0.25, 0.3) is 0 Å². The Morgan fingerprint density at radius 3 is 2.05 bits per heavy atom. The first-order valence-electron chi connectivity index (χ1n) is 6.73. The number of amides is 1. The molecule has 0 saturated carbocycles. The van der Waals surface area contributed by atoms with Gasteiger partial charge in [0.2, 0.25) is 0 Å². The second-order valence-corrected chi connectivity index (χ2v) is 4.82. The molecular formula is C17H19NO2. The molecule has 2 aromatic rings. The first-order chi connectivity index (χ1) is 9.66. The van der Waals surface area contributed by atoms with Gasteiger partial charge in [0.1, 0.15) is 0 Å². The lowest BCUT2D eigenvalue weighted by atomic mass is 10.1. The SMILES string of the molecule is CC(C)OC(NC(=O)c1ccccc1)c1ccccc1. The maximum atomic E-state index is 12.2. The average Bonchev–Trinajstić information content (AvgIpc) is 2.48. The van der Waals surface area contributed by atoms with Crippen LogP contribution in [0, 0.1) is 0 Å². The normalized spacial score (nSPS) is 12.2. The van der Waals surface area contributed by atoms with E-state index in [1.165, 1.54) is 0 Å². The monoisotopic (exact) mass is 269 g/mol. The van der Waals surface area contributed by atoms with E-state index in [4.69, 9.17) is 4.74 Å². The summed E-state index contributed by atoms with van der Waals surface area (Å²) in [6, 6.07) is 18.8. The third-order valence-corrected chi connectivity index (χ3v) is 2.81. The van der Waals surface area contributed by atoms with Crippen LogP contribution >= 0.6 is 0 Å². The summed E-state index contributed by atoms with van der Waals surface area (Å²) < 4.78 is 5.80. The zero-order valence-electron chi connectivity index (χ0n) is 11.7. The lowest BCUT2D eigenvalue weighted by Crippen LogP contribution is -2.31. The van der Waals surface area contributed by atoms with E-state index in [-0.39, 0.29) is 12.0 Å². The lowest BCUT2D eigenvalue weighted by Gasteiger charge is -2.22. The second-order valence-electron chi connectivity index (χ2n) is 4.82. The standard InChI is InChI=1S/C17H19NO2/c1-13(2)20-17(15-11-7-4-8-12-15)18-16(19)14-9-5-3-6-10-14/h3-13,17H,1-2H3,(H,18,19). The number of rotatable bonds is 5. The van der Waals surface area contributed by atoms with Crippen LogP contribution in [0.5, 0.6) is 0 Å². The van der Waals surface area contributed by atoms with E-state index in [0.29, 0.717) is 5.56 Å². The summed E-state index contributed by atoms with van der Waals surface area (Å²) in [5.41, 5.74) is 1.56. The van der Waals surface area contributed by atoms with E-state index in [9.17, 15) is 4.79 Å². The summed E-state index contributed by atoms with van der Waals surface area (Å²) in [5, 5.41) is 2.92. The molecule has 0 saturated heterocycles. The van der Waals surface area contributed by atoms with Gasteiger partial charge in [-0.25, -0.2) is 0 Å². The van der Waals surface area contributed by atoms with E-state index in [2.05, 4.69) is 5.32 Å². The highest BCUT2D eigenvalue weighted by Gasteiger charge is 2.17. The van der Waals surface area contributed by atoms with Crippen molar-refractivity contribution in [1.29, 1.82) is 0 Å². The number of hydrogen-bond donors (Lipinski definition) is 1. The Morgan fingerprint density at radius 2 is 1.50 bits per heavy atom. The fourth-order valence-corrected chi connectivity index (χ4v) is 1.89. The van der Waals surface area contributed by atoms with Gasteiger partial charge in [-0.15, -0.1) is 0 Å². The molecule has 0 fully saturated rings. The molecule has 104 valence electrons. The smallest absolute Gasteiger partial charge is 0.253 e. The summed E-state index contributed by atoms with van der Waals surface area (Å²) in [7, 11) is 0. The van der Waals surface area contributed by atoms with Crippen molar-refractivity contribution < 1.29 is 9.53 Å². The fraction of sp³-hybridized carbons (Fsp3) is 0.235. The molecular weight excluding hydrogens is 250 g/mol. The van der Waals surface area contributed by atoms with Crippen LogP contribution in [0.1, 0.15) is 36.0 Å². The Labute approximate surface area is 119 Å². The molecule has 20 heavy (non-hydrogen) atoms. The molecule has 2 rings (SSSR count). The average molecular weight is 269 g/mol. The summed E-state index contributed by atoms with van der Waals surface area (Å²) >= 11 is 0. The molecule has 3 heteroatoms. The third kappa shape index (κ3) is 3.93. The molecule has 0 heterocycles. The van der Waals surface area contributed by atoms with Crippen molar-refractivity contribution in [3.63, 3.8) is 0 Å². The maximum Gasteiger partial charge on any atom is 0.253 e. The summed E-state index contributed by atoms with van der Waals surface area (Å²) in [6.07, 6.45) is -0.416. The first kappa shape index (κ1) is 14.3. The van der Waals surface area contributed by atoms with Crippen LogP contribution in [0.2, 0.25) is 0 Å². The Bertz CT molecular complexity index is 537. The van der Waals surface area contributed by atoms with E-state index >= 15 is 0 Å². The molecule has 0 aliphatic rings. The molecule has 0 bridgehead atoms. The Morgan fingerprint density at radius 1 is 0.950 bits per heavy atom. The van der Waals surface area contributed by atoms with E-state index in [1.807, 2.05) is 62.4 Å². The largest absolute Gasteiger partial charge is 0.352 e. The van der Waals surface area contributed by atoms with E-state index in [1.54, 1.807) is 12.1 Å². The van der Waals surface area contributed by atoms with Gasteiger partial charge in [0.05, 0.1) is 6.10 Å². The molecule has 0 radical (unpaired) electrons. The third-order valence-electron chi connectivity index (χ3n) is 2.81. The van der Waals surface area contributed by atoms with Gasteiger partial charge in [0, 0.05) is 11.1 Å². The van der Waals surface area contributed by atoms with Gasteiger partial charge in [-0.2, -0.15) is 0 Å². The van der Waals surface area contributed by atoms with Crippen molar-refractivity contribution in [3.05, 3.63) is 71.8 Å². The van der Waals surface area contributed by atoms with Crippen LogP contribution in [0.4, 0.5) is 0 Å². The molecule has 1 atom stereocenters. The van der Waals surface area contributed by atoms with Crippen molar-refractivity contribution in [2.24, 2.45) is 0 Å². The molecule has 2 aromatic carbocycles. The quantitative estimate of drug-likeness (QED) is 0.843. The Kier molecular flexibility index (Phi) is 4.91. The highest BCUT2D eigenvalue weighted by molar-refractivity contribution is 5.94. The number of benzene rings is 2. The number of carbonyl (C=O) groups is 1. The van der Waals surface area contributed by atoms with Crippen molar-refractivity contribution in [1.82, 2.24) is 5.32 Å². The van der Waals surface area contributed by atoms with Crippen molar-refractivity contribution >= 4 is 5.91 Å². The van der Waals surface area contributed by atoms with Crippen LogP contribution in [-0.4, -0.2) is 12.0 Å². The van der Waals surface area contributed by atoms with Gasteiger partial charge in [-0.1, -0.05) is 48.5 Å². The molecule has 1 N–H and O–H groups in total. The first-order valence-corrected chi connectivity index (χ1v) is 6.73. The van der Waals surface area contributed by atoms with E-state index < -0.39 is 6.23 Å². The van der Waals surface area contributed by atoms with Gasteiger partial charge in [0.15, 0.2) is 6.23 Å². The molecule has 0 spiro atoms. The zero-order valence-corrected chi connectivity index (χ0v) is 11.7. The number of hydrogen-bond acceptors (Lipinski definition) is 2. The lowest BCUT2D eigenvalue weighted by molar-refractivity contribution is -0.0108. The Hall–Kier alpha value is -2.13. The van der Waals surface area contributed by atoms with E-state index in [0.717, 1.165) is 5.56 Å². The second kappa shape index (κ2) is 6.87. The highest BCUT2D eigenvalue weighted by atomic mass is 16.5. The topological polar surface area (TPSA) is 38.3 Å². The Balaban J connectivity index is 2.14. The number of ether oxygens (including phenoxy) is 1. The van der Waals surface area contributed by atoms with Crippen LogP contribution in [0.15, 0.2) is 60.7 Å². The van der Waals surface area contributed by atoms with Gasteiger partial charge >= 0.3 is 0 Å². The molecule has 0 aliphatic heterocycles. The maximum absolute atomic E-state index is 12.2. The predicted octanol–water partition coefficient (Wildman–Crippen LogP) is 3.54. The zero-order chi connectivity index (χ0) is 14.4. The van der Waals surface area contributed by atoms with Crippen molar-refractivity contribution in [2.75, 3.05) is 0 Å². The summed E-state index contributed by atoms with van der Waals surface area (Å²) in [4.78, 5) is 12.2. The molecule has 1 unspecified atom stereocenters. The summed E-state index contributed by atoms with van der Waals surface area (Å²) in [6.45, 7) is 3.90. The fourth-order valence-electron chi connectivity index (χ4n) is 1.89. The molecule has 0 aliphatic carbocycles. The van der Waals surface area contributed by atoms with Crippen LogP contribution < -0.4 is 5.32 Å². The van der Waals surface area contributed by atoms with Gasteiger partial charge in [-0.3, -0.25) is 4.79 Å². The van der Waals surface area contributed by atoms with Gasteiger partial charge < -0.3 is 10.1 Å². The predicted molar refractivity (Wildman–Crippen MR) is 79.3 cm³/mol. The minimum absolute atomic E-state index is 0.0243. The number of carbonyl (C=O) groups excluding carboxylic acids is 1. The minimum atomic E-state index is -0.441.